The van der Waals surface area contributed by atoms with Crippen LogP contribution in [0.3, 0.4) is 0 Å². The first kappa shape index (κ1) is 12.3. The van der Waals surface area contributed by atoms with Crippen molar-refractivity contribution in [2.24, 2.45) is 7.05 Å². The predicted octanol–water partition coefficient (Wildman–Crippen LogP) is 2.19. The van der Waals surface area contributed by atoms with Gasteiger partial charge in [-0.05, 0) is 20.4 Å². The molecule has 0 saturated heterocycles. The van der Waals surface area contributed by atoms with Gasteiger partial charge >= 0.3 is 0 Å². The topological polar surface area (TPSA) is 42.7 Å². The molecular formula is C12H18N4S. The van der Waals surface area contributed by atoms with Crippen molar-refractivity contribution in [1.82, 2.24) is 19.9 Å². The Kier molecular flexibility index (Phi) is 3.59. The first-order chi connectivity index (χ1) is 8.13. The van der Waals surface area contributed by atoms with Crippen molar-refractivity contribution in [1.29, 1.82) is 0 Å². The van der Waals surface area contributed by atoms with Crippen molar-refractivity contribution in [2.45, 2.75) is 26.8 Å². The van der Waals surface area contributed by atoms with Crippen molar-refractivity contribution >= 4 is 11.3 Å². The van der Waals surface area contributed by atoms with Gasteiger partial charge in [-0.15, -0.1) is 11.3 Å². The molecule has 0 aliphatic heterocycles. The predicted molar refractivity (Wildman–Crippen MR) is 70.3 cm³/mol. The van der Waals surface area contributed by atoms with E-state index in [4.69, 9.17) is 0 Å². The summed E-state index contributed by atoms with van der Waals surface area (Å²) in [5.74, 6) is 1.04. The van der Waals surface area contributed by atoms with Gasteiger partial charge in [-0.3, -0.25) is 0 Å². The van der Waals surface area contributed by atoms with Gasteiger partial charge in [0.1, 0.15) is 11.9 Å². The van der Waals surface area contributed by atoms with Crippen molar-refractivity contribution < 1.29 is 0 Å². The number of rotatable bonds is 4. The van der Waals surface area contributed by atoms with E-state index in [1.807, 2.05) is 26.4 Å². The van der Waals surface area contributed by atoms with Crippen LogP contribution in [0, 0.1) is 13.8 Å². The molecule has 4 nitrogen and oxygen atoms in total. The van der Waals surface area contributed by atoms with E-state index in [-0.39, 0.29) is 6.04 Å². The lowest BCUT2D eigenvalue weighted by Gasteiger charge is -2.16. The third-order valence-electron chi connectivity index (χ3n) is 2.73. The molecule has 17 heavy (non-hydrogen) atoms. The van der Waals surface area contributed by atoms with Gasteiger partial charge in [-0.25, -0.2) is 9.97 Å². The Morgan fingerprint density at radius 1 is 1.47 bits per heavy atom. The summed E-state index contributed by atoms with van der Waals surface area (Å²) in [5, 5.41) is 4.59. The van der Waals surface area contributed by atoms with Crippen LogP contribution in [0.25, 0.3) is 0 Å². The maximum absolute atomic E-state index is 4.50. The zero-order valence-electron chi connectivity index (χ0n) is 10.7. The Hall–Kier alpha value is -1.20. The number of aromatic nitrogens is 3. The second-order valence-electron chi connectivity index (χ2n) is 4.07. The molecule has 1 atom stereocenters. The number of nitrogens with zero attached hydrogens (tertiary/aromatic N) is 3. The third kappa shape index (κ3) is 2.40. The molecule has 2 heterocycles. The van der Waals surface area contributed by atoms with Gasteiger partial charge in [0.25, 0.3) is 0 Å². The molecule has 0 amide bonds. The Morgan fingerprint density at radius 2 is 2.24 bits per heavy atom. The number of nitrogens with one attached hydrogen (secondary N) is 1. The van der Waals surface area contributed by atoms with E-state index in [2.05, 4.69) is 33.7 Å². The number of thiazole rings is 1. The second-order valence-corrected chi connectivity index (χ2v) is 5.30. The van der Waals surface area contributed by atoms with Crippen LogP contribution < -0.4 is 5.32 Å². The average molecular weight is 250 g/mol. The van der Waals surface area contributed by atoms with Gasteiger partial charge in [0, 0.05) is 19.4 Å². The molecule has 0 aromatic carbocycles. The Morgan fingerprint density at radius 3 is 2.71 bits per heavy atom. The molecule has 2 aromatic rings. The molecule has 92 valence electrons. The minimum absolute atomic E-state index is 0.145. The van der Waals surface area contributed by atoms with E-state index in [1.165, 1.54) is 4.88 Å². The summed E-state index contributed by atoms with van der Waals surface area (Å²) in [6, 6.07) is 0.145. The summed E-state index contributed by atoms with van der Waals surface area (Å²) >= 11 is 1.74. The van der Waals surface area contributed by atoms with Crippen LogP contribution in [-0.2, 0) is 7.05 Å². The van der Waals surface area contributed by atoms with Gasteiger partial charge in [0.2, 0.25) is 0 Å². The molecule has 0 fully saturated rings. The normalized spacial score (nSPS) is 12.9. The minimum atomic E-state index is 0.145. The van der Waals surface area contributed by atoms with E-state index in [0.717, 1.165) is 23.1 Å². The second kappa shape index (κ2) is 4.98. The smallest absolute Gasteiger partial charge is 0.131 e. The van der Waals surface area contributed by atoms with Gasteiger partial charge in [0.05, 0.1) is 15.6 Å². The Labute approximate surface area is 106 Å². The lowest BCUT2D eigenvalue weighted by Crippen LogP contribution is -2.24. The fraction of sp³-hybridized carbons (Fsp3) is 0.500. The summed E-state index contributed by atoms with van der Waals surface area (Å²) in [5.41, 5.74) is 1.10. The molecule has 2 aromatic heterocycles. The van der Waals surface area contributed by atoms with Crippen molar-refractivity contribution in [3.05, 3.63) is 33.8 Å². The van der Waals surface area contributed by atoms with Gasteiger partial charge < -0.3 is 9.88 Å². The number of imidazole rings is 1. The number of hydrogen-bond donors (Lipinski definition) is 1. The van der Waals surface area contributed by atoms with E-state index < -0.39 is 0 Å². The summed E-state index contributed by atoms with van der Waals surface area (Å²) in [6.45, 7) is 7.13. The molecule has 0 saturated carbocycles. The van der Waals surface area contributed by atoms with Crippen molar-refractivity contribution in [2.75, 3.05) is 6.54 Å². The molecule has 0 aliphatic rings. The monoisotopic (exact) mass is 250 g/mol. The highest BCUT2D eigenvalue weighted by molar-refractivity contribution is 7.11. The fourth-order valence-corrected chi connectivity index (χ4v) is 2.98. The highest BCUT2D eigenvalue weighted by atomic mass is 32.1. The summed E-state index contributed by atoms with van der Waals surface area (Å²) < 4.78 is 2.06. The van der Waals surface area contributed by atoms with Crippen LogP contribution in [0.4, 0.5) is 0 Å². The summed E-state index contributed by atoms with van der Waals surface area (Å²) in [6.07, 6.45) is 3.81. The molecule has 0 spiro atoms. The number of aryl methyl sites for hydroxylation is 3. The number of hydrogen-bond acceptors (Lipinski definition) is 4. The van der Waals surface area contributed by atoms with E-state index in [0.29, 0.717) is 0 Å². The van der Waals surface area contributed by atoms with Crippen LogP contribution >= 0.6 is 11.3 Å². The first-order valence-corrected chi connectivity index (χ1v) is 6.59. The van der Waals surface area contributed by atoms with Crippen LogP contribution in [-0.4, -0.2) is 21.1 Å². The van der Waals surface area contributed by atoms with Crippen LogP contribution in [0.5, 0.6) is 0 Å². The maximum Gasteiger partial charge on any atom is 0.131 e. The van der Waals surface area contributed by atoms with Crippen LogP contribution in [0.2, 0.25) is 0 Å². The minimum Gasteiger partial charge on any atom is -0.336 e. The molecule has 0 radical (unpaired) electrons. The van der Waals surface area contributed by atoms with Crippen molar-refractivity contribution in [3.8, 4) is 0 Å². The van der Waals surface area contributed by atoms with Crippen molar-refractivity contribution in [3.63, 3.8) is 0 Å². The van der Waals surface area contributed by atoms with Gasteiger partial charge in [0.15, 0.2) is 0 Å². The highest BCUT2D eigenvalue weighted by Crippen LogP contribution is 2.28. The zero-order valence-corrected chi connectivity index (χ0v) is 11.5. The lowest BCUT2D eigenvalue weighted by molar-refractivity contribution is 0.581. The zero-order chi connectivity index (χ0) is 12.4. The molecular weight excluding hydrogens is 232 g/mol. The Balaban J connectivity index is 2.42. The van der Waals surface area contributed by atoms with E-state index in [9.17, 15) is 0 Å². The molecule has 0 aliphatic carbocycles. The quantitative estimate of drug-likeness (QED) is 0.904. The van der Waals surface area contributed by atoms with E-state index in [1.54, 1.807) is 11.3 Å². The van der Waals surface area contributed by atoms with Crippen LogP contribution in [0.15, 0.2) is 12.4 Å². The van der Waals surface area contributed by atoms with Crippen LogP contribution in [0.1, 0.15) is 34.4 Å². The maximum atomic E-state index is 4.50. The summed E-state index contributed by atoms with van der Waals surface area (Å²) in [4.78, 5) is 10.2. The first-order valence-electron chi connectivity index (χ1n) is 5.78. The van der Waals surface area contributed by atoms with E-state index >= 15 is 0 Å². The molecule has 1 unspecified atom stereocenters. The standard InChI is InChI=1S/C12H18N4S/c1-5-13-10(12-14-6-7-16(12)4)11-8(2)15-9(3)17-11/h6-7,10,13H,5H2,1-4H3. The molecule has 0 bridgehead atoms. The van der Waals surface area contributed by atoms with Gasteiger partial charge in [-0.1, -0.05) is 6.92 Å². The third-order valence-corrected chi connectivity index (χ3v) is 3.86. The lowest BCUT2D eigenvalue weighted by atomic mass is 10.2. The molecule has 5 heteroatoms. The molecule has 2 rings (SSSR count). The average Bonchev–Trinajstić information content (AvgIpc) is 2.82. The Bertz CT molecular complexity index is 500. The highest BCUT2D eigenvalue weighted by Gasteiger charge is 2.21. The SMILES string of the molecule is CCNC(c1sc(C)nc1C)c1nccn1C. The summed E-state index contributed by atoms with van der Waals surface area (Å²) in [7, 11) is 2.02. The fourth-order valence-electron chi connectivity index (χ4n) is 1.98. The molecule has 1 N–H and O–H groups in total. The van der Waals surface area contributed by atoms with Gasteiger partial charge in [-0.2, -0.15) is 0 Å². The largest absolute Gasteiger partial charge is 0.336 e.